The van der Waals surface area contributed by atoms with Crippen LogP contribution in [0.3, 0.4) is 0 Å². The van der Waals surface area contributed by atoms with Gasteiger partial charge in [0.25, 0.3) is 0 Å². The van der Waals surface area contributed by atoms with Crippen molar-refractivity contribution in [3.8, 4) is 0 Å². The Kier molecular flexibility index (Phi) is 3.88. The Hall–Kier alpha value is -1.93. The SMILES string of the molecule is CC1Cc2cc(CS(=O)(=O)c3nccs3)ccc2NC(=O)O1. The van der Waals surface area contributed by atoms with Crippen LogP contribution < -0.4 is 5.32 Å². The molecule has 0 saturated carbocycles. The normalized spacial score (nSPS) is 18.0. The number of rotatable bonds is 3. The van der Waals surface area contributed by atoms with Crippen LogP contribution in [-0.2, 0) is 26.7 Å². The number of anilines is 1. The van der Waals surface area contributed by atoms with Crippen LogP contribution in [0.5, 0.6) is 0 Å². The molecule has 0 bridgehead atoms. The Morgan fingerprint density at radius 3 is 3.00 bits per heavy atom. The van der Waals surface area contributed by atoms with E-state index in [2.05, 4.69) is 10.3 Å². The molecule has 0 radical (unpaired) electrons. The summed E-state index contributed by atoms with van der Waals surface area (Å²) in [4.78, 5) is 15.4. The summed E-state index contributed by atoms with van der Waals surface area (Å²) in [5, 5.41) is 4.29. The molecule has 0 fully saturated rings. The molecule has 3 rings (SSSR count). The van der Waals surface area contributed by atoms with Gasteiger partial charge in [0.05, 0.1) is 5.75 Å². The first-order valence-corrected chi connectivity index (χ1v) is 9.19. The molecule has 1 N–H and O–H groups in total. The molecule has 1 atom stereocenters. The van der Waals surface area contributed by atoms with Gasteiger partial charge in [0.2, 0.25) is 14.2 Å². The maximum Gasteiger partial charge on any atom is 0.411 e. The lowest BCUT2D eigenvalue weighted by Crippen LogP contribution is -2.17. The zero-order chi connectivity index (χ0) is 15.7. The second-order valence-corrected chi connectivity index (χ2v) is 8.15. The summed E-state index contributed by atoms with van der Waals surface area (Å²) in [5.74, 6) is -0.114. The zero-order valence-corrected chi connectivity index (χ0v) is 13.4. The highest BCUT2D eigenvalue weighted by atomic mass is 32.2. The highest BCUT2D eigenvalue weighted by Crippen LogP contribution is 2.26. The van der Waals surface area contributed by atoms with Gasteiger partial charge in [-0.15, -0.1) is 11.3 Å². The highest BCUT2D eigenvalue weighted by molar-refractivity contribution is 7.92. The second-order valence-electron chi connectivity index (χ2n) is 5.09. The van der Waals surface area contributed by atoms with Crippen LogP contribution in [0.2, 0.25) is 0 Å². The minimum atomic E-state index is -3.44. The van der Waals surface area contributed by atoms with E-state index >= 15 is 0 Å². The standard InChI is InChI=1S/C14H14N2O4S2/c1-9-6-11-7-10(2-3-12(11)16-13(17)20-9)8-22(18,19)14-15-4-5-21-14/h2-5,7,9H,6,8H2,1H3,(H,16,17). The Morgan fingerprint density at radius 2 is 2.27 bits per heavy atom. The van der Waals surface area contributed by atoms with Gasteiger partial charge in [-0.25, -0.2) is 18.2 Å². The fraction of sp³-hybridized carbons (Fsp3) is 0.286. The van der Waals surface area contributed by atoms with Crippen molar-refractivity contribution in [3.63, 3.8) is 0 Å². The molecule has 2 heterocycles. The molecule has 1 unspecified atom stereocenters. The highest BCUT2D eigenvalue weighted by Gasteiger charge is 2.22. The van der Waals surface area contributed by atoms with Gasteiger partial charge in [-0.1, -0.05) is 12.1 Å². The number of carbonyl (C=O) groups excluding carboxylic acids is 1. The number of amides is 1. The zero-order valence-electron chi connectivity index (χ0n) is 11.8. The molecule has 0 aliphatic carbocycles. The minimum Gasteiger partial charge on any atom is -0.446 e. The van der Waals surface area contributed by atoms with Crippen LogP contribution in [0.4, 0.5) is 10.5 Å². The number of nitrogens with zero attached hydrogens (tertiary/aromatic N) is 1. The lowest BCUT2D eigenvalue weighted by Gasteiger charge is -2.09. The molecule has 1 aromatic heterocycles. The molecule has 1 aliphatic rings. The Morgan fingerprint density at radius 1 is 1.45 bits per heavy atom. The molecule has 8 heteroatoms. The van der Waals surface area contributed by atoms with Crippen LogP contribution in [0.25, 0.3) is 0 Å². The first-order valence-electron chi connectivity index (χ1n) is 6.66. The average molecular weight is 338 g/mol. The van der Waals surface area contributed by atoms with Gasteiger partial charge >= 0.3 is 6.09 Å². The van der Waals surface area contributed by atoms with E-state index in [1.807, 2.05) is 0 Å². The summed E-state index contributed by atoms with van der Waals surface area (Å²) in [6.07, 6.45) is 1.27. The molecule has 0 saturated heterocycles. The fourth-order valence-corrected chi connectivity index (χ4v) is 4.60. The Bertz CT molecular complexity index is 800. The van der Waals surface area contributed by atoms with E-state index in [0.29, 0.717) is 17.7 Å². The monoisotopic (exact) mass is 338 g/mol. The van der Waals surface area contributed by atoms with Gasteiger partial charge in [0.1, 0.15) is 6.10 Å². The van der Waals surface area contributed by atoms with Gasteiger partial charge in [0, 0.05) is 23.7 Å². The summed E-state index contributed by atoms with van der Waals surface area (Å²) in [7, 11) is -3.44. The number of fused-ring (bicyclic) bond motifs is 1. The Balaban J connectivity index is 1.89. The van der Waals surface area contributed by atoms with Crippen molar-refractivity contribution in [1.82, 2.24) is 4.98 Å². The summed E-state index contributed by atoms with van der Waals surface area (Å²) in [5.41, 5.74) is 2.19. The molecule has 6 nitrogen and oxygen atoms in total. The molecular weight excluding hydrogens is 324 g/mol. The predicted molar refractivity (Wildman–Crippen MR) is 82.7 cm³/mol. The first kappa shape index (κ1) is 15.0. The number of benzene rings is 1. The number of ether oxygens (including phenoxy) is 1. The number of hydrogen-bond donors (Lipinski definition) is 1. The van der Waals surface area contributed by atoms with Crippen LogP contribution >= 0.6 is 11.3 Å². The number of carbonyl (C=O) groups is 1. The van der Waals surface area contributed by atoms with Crippen molar-refractivity contribution in [2.24, 2.45) is 0 Å². The van der Waals surface area contributed by atoms with Crippen molar-refractivity contribution < 1.29 is 17.9 Å². The molecule has 0 spiro atoms. The first-order chi connectivity index (χ1) is 10.4. The van der Waals surface area contributed by atoms with Crippen LogP contribution in [0.15, 0.2) is 34.1 Å². The van der Waals surface area contributed by atoms with E-state index in [0.717, 1.165) is 16.9 Å². The van der Waals surface area contributed by atoms with Crippen molar-refractivity contribution in [1.29, 1.82) is 0 Å². The maximum absolute atomic E-state index is 12.3. The third-order valence-electron chi connectivity index (χ3n) is 3.25. The van der Waals surface area contributed by atoms with Gasteiger partial charge in [-0.2, -0.15) is 0 Å². The van der Waals surface area contributed by atoms with Crippen LogP contribution in [-0.4, -0.2) is 25.6 Å². The third kappa shape index (κ3) is 3.12. The molecule has 1 aliphatic heterocycles. The van der Waals surface area contributed by atoms with Crippen LogP contribution in [0, 0.1) is 0 Å². The minimum absolute atomic E-state index is 0.114. The van der Waals surface area contributed by atoms with Crippen molar-refractivity contribution in [2.75, 3.05) is 5.32 Å². The molecule has 2 aromatic rings. The predicted octanol–water partition coefficient (Wildman–Crippen LogP) is 2.61. The third-order valence-corrected chi connectivity index (χ3v) is 6.22. The number of hydrogen-bond acceptors (Lipinski definition) is 6. The molecular formula is C14H14N2O4S2. The number of aromatic nitrogens is 1. The van der Waals surface area contributed by atoms with Gasteiger partial charge in [0.15, 0.2) is 0 Å². The van der Waals surface area contributed by atoms with Crippen molar-refractivity contribution in [3.05, 3.63) is 40.9 Å². The van der Waals surface area contributed by atoms with E-state index < -0.39 is 15.9 Å². The maximum atomic E-state index is 12.3. The van der Waals surface area contributed by atoms with E-state index in [-0.39, 0.29) is 16.2 Å². The smallest absolute Gasteiger partial charge is 0.411 e. The van der Waals surface area contributed by atoms with E-state index in [1.165, 1.54) is 6.20 Å². The van der Waals surface area contributed by atoms with Crippen LogP contribution in [0.1, 0.15) is 18.1 Å². The topological polar surface area (TPSA) is 85.4 Å². The van der Waals surface area contributed by atoms with Gasteiger partial charge in [-0.3, -0.25) is 5.32 Å². The van der Waals surface area contributed by atoms with Crippen molar-refractivity contribution >= 4 is 33.0 Å². The second kappa shape index (κ2) is 5.69. The molecule has 1 amide bonds. The lowest BCUT2D eigenvalue weighted by molar-refractivity contribution is 0.123. The fourth-order valence-electron chi connectivity index (χ4n) is 2.35. The van der Waals surface area contributed by atoms with E-state index in [9.17, 15) is 13.2 Å². The summed E-state index contributed by atoms with van der Waals surface area (Å²) >= 11 is 1.11. The number of nitrogens with one attached hydrogen (secondary N) is 1. The summed E-state index contributed by atoms with van der Waals surface area (Å²) < 4.78 is 29.8. The number of thiazole rings is 1. The summed E-state index contributed by atoms with van der Waals surface area (Å²) in [6.45, 7) is 1.80. The summed E-state index contributed by atoms with van der Waals surface area (Å²) in [6, 6.07) is 5.20. The number of cyclic esters (lactones) is 1. The quantitative estimate of drug-likeness (QED) is 0.930. The van der Waals surface area contributed by atoms with Crippen molar-refractivity contribution in [2.45, 2.75) is 29.5 Å². The van der Waals surface area contributed by atoms with E-state index in [1.54, 1.807) is 30.5 Å². The van der Waals surface area contributed by atoms with Gasteiger partial charge in [-0.05, 0) is 24.1 Å². The molecule has 116 valence electrons. The van der Waals surface area contributed by atoms with E-state index in [4.69, 9.17) is 4.74 Å². The van der Waals surface area contributed by atoms with Gasteiger partial charge < -0.3 is 4.74 Å². The average Bonchev–Trinajstić information content (AvgIpc) is 2.91. The largest absolute Gasteiger partial charge is 0.446 e. The Labute approximate surface area is 132 Å². The lowest BCUT2D eigenvalue weighted by atomic mass is 10.0. The number of sulfone groups is 1. The molecule has 22 heavy (non-hydrogen) atoms. The molecule has 1 aromatic carbocycles.